The summed E-state index contributed by atoms with van der Waals surface area (Å²) >= 11 is 0. The highest BCUT2D eigenvalue weighted by atomic mass is 19.2. The van der Waals surface area contributed by atoms with E-state index >= 15 is 0 Å². The van der Waals surface area contributed by atoms with Crippen molar-refractivity contribution in [2.75, 3.05) is 11.9 Å². The van der Waals surface area contributed by atoms with Crippen LogP contribution in [0.25, 0.3) is 10.9 Å². The Morgan fingerprint density at radius 3 is 2.56 bits per heavy atom. The molecule has 0 aliphatic rings. The molecule has 0 unspecified atom stereocenters. The lowest BCUT2D eigenvalue weighted by Crippen LogP contribution is -2.05. The van der Waals surface area contributed by atoms with E-state index < -0.39 is 11.6 Å². The van der Waals surface area contributed by atoms with Crippen molar-refractivity contribution in [2.45, 2.75) is 27.2 Å². The van der Waals surface area contributed by atoms with Crippen molar-refractivity contribution in [1.82, 2.24) is 4.98 Å². The fraction of sp³-hybridized carbons (Fsp3) is 0.357. The number of hydrogen-bond acceptors (Lipinski definition) is 2. The van der Waals surface area contributed by atoms with Gasteiger partial charge >= 0.3 is 0 Å². The molecule has 0 radical (unpaired) electrons. The first kappa shape index (κ1) is 12.7. The van der Waals surface area contributed by atoms with Gasteiger partial charge in [-0.2, -0.15) is 0 Å². The van der Waals surface area contributed by atoms with E-state index in [0.29, 0.717) is 11.8 Å². The molecule has 2 rings (SSSR count). The zero-order chi connectivity index (χ0) is 13.3. The average molecular weight is 250 g/mol. The number of fused-ring (bicyclic) bond motifs is 1. The lowest BCUT2D eigenvalue weighted by molar-refractivity contribution is 0.515. The van der Waals surface area contributed by atoms with Crippen molar-refractivity contribution in [2.24, 2.45) is 0 Å². The van der Waals surface area contributed by atoms with Gasteiger partial charge in [-0.05, 0) is 38.0 Å². The number of nitrogens with one attached hydrogen (secondary N) is 1. The molecule has 0 saturated heterocycles. The zero-order valence-corrected chi connectivity index (χ0v) is 10.8. The third kappa shape index (κ3) is 1.92. The highest BCUT2D eigenvalue weighted by Crippen LogP contribution is 2.30. The summed E-state index contributed by atoms with van der Waals surface area (Å²) in [4.78, 5) is 4.24. The molecule has 0 atom stereocenters. The highest BCUT2D eigenvalue weighted by molar-refractivity contribution is 5.93. The summed E-state index contributed by atoms with van der Waals surface area (Å²) < 4.78 is 27.1. The Morgan fingerprint density at radius 1 is 1.22 bits per heavy atom. The van der Waals surface area contributed by atoms with Crippen LogP contribution in [0.5, 0.6) is 0 Å². The number of hydrogen-bond donors (Lipinski definition) is 1. The second-order valence-electron chi connectivity index (χ2n) is 4.20. The molecule has 1 heterocycles. The van der Waals surface area contributed by atoms with E-state index in [9.17, 15) is 8.78 Å². The number of halogens is 2. The number of nitrogens with zero attached hydrogens (tertiary/aromatic N) is 1. The second-order valence-corrected chi connectivity index (χ2v) is 4.20. The number of aromatic nitrogens is 1. The van der Waals surface area contributed by atoms with Crippen LogP contribution in [-0.4, -0.2) is 11.5 Å². The Hall–Kier alpha value is -1.71. The quantitative estimate of drug-likeness (QED) is 0.895. The van der Waals surface area contributed by atoms with Gasteiger partial charge in [0.15, 0.2) is 11.6 Å². The van der Waals surface area contributed by atoms with Gasteiger partial charge in [0.2, 0.25) is 0 Å². The van der Waals surface area contributed by atoms with Crippen molar-refractivity contribution in [3.8, 4) is 0 Å². The lowest BCUT2D eigenvalue weighted by atomic mass is 10.0. The Morgan fingerprint density at radius 2 is 1.94 bits per heavy atom. The van der Waals surface area contributed by atoms with E-state index in [1.165, 1.54) is 0 Å². The van der Waals surface area contributed by atoms with Crippen molar-refractivity contribution < 1.29 is 8.78 Å². The molecule has 4 heteroatoms. The van der Waals surface area contributed by atoms with Gasteiger partial charge in [0.1, 0.15) is 5.52 Å². The summed E-state index contributed by atoms with van der Waals surface area (Å²) in [6, 6.07) is 2.72. The molecule has 96 valence electrons. The normalized spacial score (nSPS) is 10.9. The van der Waals surface area contributed by atoms with E-state index in [-0.39, 0.29) is 5.52 Å². The third-order valence-corrected chi connectivity index (χ3v) is 3.08. The maximum absolute atomic E-state index is 13.8. The molecule has 0 fully saturated rings. The summed E-state index contributed by atoms with van der Waals surface area (Å²) in [6.07, 6.45) is 0.691. The first-order valence-electron chi connectivity index (χ1n) is 6.11. The summed E-state index contributed by atoms with van der Waals surface area (Å²) in [5, 5.41) is 3.84. The second kappa shape index (κ2) is 4.88. The zero-order valence-electron chi connectivity index (χ0n) is 10.8. The molecule has 2 aromatic rings. The largest absolute Gasteiger partial charge is 0.385 e. The molecular formula is C14H16F2N2. The predicted octanol–water partition coefficient (Wildman–Crippen LogP) is 3.82. The van der Waals surface area contributed by atoms with E-state index in [1.807, 2.05) is 20.8 Å². The van der Waals surface area contributed by atoms with Crippen LogP contribution in [0.4, 0.5) is 14.5 Å². The van der Waals surface area contributed by atoms with E-state index in [4.69, 9.17) is 0 Å². The Bertz CT molecular complexity index is 594. The number of aryl methyl sites for hydroxylation is 1. The minimum atomic E-state index is -0.874. The molecule has 0 amide bonds. The van der Waals surface area contributed by atoms with Crippen LogP contribution >= 0.6 is 0 Å². The fourth-order valence-corrected chi connectivity index (χ4v) is 2.16. The van der Waals surface area contributed by atoms with Crippen molar-refractivity contribution in [3.63, 3.8) is 0 Å². The Balaban J connectivity index is 2.85. The molecule has 0 saturated carbocycles. The van der Waals surface area contributed by atoms with Crippen molar-refractivity contribution >= 4 is 16.6 Å². The number of anilines is 1. The topological polar surface area (TPSA) is 24.9 Å². The number of rotatable bonds is 3. The third-order valence-electron chi connectivity index (χ3n) is 3.08. The minimum Gasteiger partial charge on any atom is -0.385 e. The first-order chi connectivity index (χ1) is 8.60. The average Bonchev–Trinajstić information content (AvgIpc) is 2.37. The van der Waals surface area contributed by atoms with Crippen molar-refractivity contribution in [3.05, 3.63) is 35.0 Å². The van der Waals surface area contributed by atoms with Crippen LogP contribution in [0, 0.1) is 18.6 Å². The Kier molecular flexibility index (Phi) is 3.45. The van der Waals surface area contributed by atoms with Crippen LogP contribution in [-0.2, 0) is 6.42 Å². The standard InChI is InChI=1S/C14H16F2N2/c1-4-11-8(3)13(17-5-2)9-6-7-10(15)12(16)14(9)18-11/h6-7H,4-5H2,1-3H3,(H,17,18). The van der Waals surface area contributed by atoms with E-state index in [1.54, 1.807) is 6.07 Å². The summed E-state index contributed by atoms with van der Waals surface area (Å²) in [5.74, 6) is -1.73. The number of benzene rings is 1. The monoisotopic (exact) mass is 250 g/mol. The highest BCUT2D eigenvalue weighted by Gasteiger charge is 2.15. The maximum atomic E-state index is 13.8. The first-order valence-corrected chi connectivity index (χ1v) is 6.11. The molecule has 2 nitrogen and oxygen atoms in total. The van der Waals surface area contributed by atoms with Crippen LogP contribution in [0.2, 0.25) is 0 Å². The minimum absolute atomic E-state index is 0.105. The SMILES string of the molecule is CCNc1c(C)c(CC)nc2c(F)c(F)ccc12. The number of pyridine rings is 1. The van der Waals surface area contributed by atoms with Gasteiger partial charge in [-0.1, -0.05) is 6.92 Å². The van der Waals surface area contributed by atoms with Gasteiger partial charge in [-0.25, -0.2) is 13.8 Å². The molecule has 0 aliphatic carbocycles. The molecule has 0 aliphatic heterocycles. The molecular weight excluding hydrogens is 234 g/mol. The molecule has 18 heavy (non-hydrogen) atoms. The van der Waals surface area contributed by atoms with Gasteiger partial charge in [-0.15, -0.1) is 0 Å². The van der Waals surface area contributed by atoms with Crippen LogP contribution in [0.15, 0.2) is 12.1 Å². The summed E-state index contributed by atoms with van der Waals surface area (Å²) in [5.41, 5.74) is 2.74. The summed E-state index contributed by atoms with van der Waals surface area (Å²) in [7, 11) is 0. The molecule has 1 aromatic carbocycles. The molecule has 0 bridgehead atoms. The van der Waals surface area contributed by atoms with Gasteiger partial charge in [-0.3, -0.25) is 0 Å². The smallest absolute Gasteiger partial charge is 0.185 e. The molecule has 1 N–H and O–H groups in total. The van der Waals surface area contributed by atoms with E-state index in [2.05, 4.69) is 10.3 Å². The van der Waals surface area contributed by atoms with Gasteiger partial charge in [0.05, 0.1) is 0 Å². The van der Waals surface area contributed by atoms with Crippen LogP contribution in [0.1, 0.15) is 25.1 Å². The van der Waals surface area contributed by atoms with E-state index in [0.717, 1.165) is 29.6 Å². The van der Waals surface area contributed by atoms with Gasteiger partial charge < -0.3 is 5.32 Å². The fourth-order valence-electron chi connectivity index (χ4n) is 2.16. The molecule has 1 aromatic heterocycles. The predicted molar refractivity (Wildman–Crippen MR) is 69.9 cm³/mol. The van der Waals surface area contributed by atoms with Gasteiger partial charge in [0.25, 0.3) is 0 Å². The van der Waals surface area contributed by atoms with Crippen LogP contribution < -0.4 is 5.32 Å². The lowest BCUT2D eigenvalue weighted by Gasteiger charge is -2.15. The van der Waals surface area contributed by atoms with Crippen molar-refractivity contribution in [1.29, 1.82) is 0 Å². The van der Waals surface area contributed by atoms with Gasteiger partial charge in [0, 0.05) is 23.3 Å². The Labute approximate surface area is 105 Å². The molecule has 0 spiro atoms. The summed E-state index contributed by atoms with van der Waals surface area (Å²) in [6.45, 7) is 6.60. The van der Waals surface area contributed by atoms with Crippen LogP contribution in [0.3, 0.4) is 0 Å². The maximum Gasteiger partial charge on any atom is 0.185 e.